The number of aromatic nitrogens is 1. The molecule has 0 saturated carbocycles. The van der Waals surface area contributed by atoms with Crippen molar-refractivity contribution in [3.8, 4) is 0 Å². The molecule has 0 fully saturated rings. The Morgan fingerprint density at radius 2 is 2.23 bits per heavy atom. The Morgan fingerprint density at radius 3 is 2.77 bits per heavy atom. The Bertz CT molecular complexity index is 328. The molecule has 0 atom stereocenters. The molecular formula is C10H16N2O. The van der Waals surface area contributed by atoms with Crippen molar-refractivity contribution >= 4 is 0 Å². The molecule has 0 spiro atoms. The van der Waals surface area contributed by atoms with Gasteiger partial charge in [0.1, 0.15) is 0 Å². The SMILES string of the molecule is CC(C)n1cccc(CCN)c1=O. The van der Waals surface area contributed by atoms with Gasteiger partial charge in [-0.25, -0.2) is 0 Å². The molecular weight excluding hydrogens is 164 g/mol. The van der Waals surface area contributed by atoms with Crippen molar-refractivity contribution in [2.45, 2.75) is 26.3 Å². The lowest BCUT2D eigenvalue weighted by Gasteiger charge is -2.10. The molecule has 0 radical (unpaired) electrons. The summed E-state index contributed by atoms with van der Waals surface area (Å²) in [5.41, 5.74) is 6.30. The van der Waals surface area contributed by atoms with Crippen molar-refractivity contribution in [2.75, 3.05) is 6.54 Å². The predicted octanol–water partition coefficient (Wildman–Crippen LogP) is 0.930. The van der Waals surface area contributed by atoms with Crippen LogP contribution in [0.1, 0.15) is 25.5 Å². The summed E-state index contributed by atoms with van der Waals surface area (Å²) in [5, 5.41) is 0. The smallest absolute Gasteiger partial charge is 0.254 e. The van der Waals surface area contributed by atoms with E-state index in [9.17, 15) is 4.79 Å². The van der Waals surface area contributed by atoms with E-state index >= 15 is 0 Å². The molecule has 0 saturated heterocycles. The van der Waals surface area contributed by atoms with Gasteiger partial charge in [0, 0.05) is 17.8 Å². The van der Waals surface area contributed by atoms with E-state index in [2.05, 4.69) is 0 Å². The average molecular weight is 180 g/mol. The standard InChI is InChI=1S/C10H16N2O/c1-8(2)12-7-3-4-9(5-6-11)10(12)13/h3-4,7-8H,5-6,11H2,1-2H3. The lowest BCUT2D eigenvalue weighted by molar-refractivity contribution is 0.573. The van der Waals surface area contributed by atoms with Crippen LogP contribution in [-0.4, -0.2) is 11.1 Å². The maximum atomic E-state index is 11.7. The zero-order valence-electron chi connectivity index (χ0n) is 8.16. The number of rotatable bonds is 3. The number of pyridine rings is 1. The Morgan fingerprint density at radius 1 is 1.54 bits per heavy atom. The Hall–Kier alpha value is -1.09. The maximum absolute atomic E-state index is 11.7. The van der Waals surface area contributed by atoms with Crippen LogP contribution in [0.3, 0.4) is 0 Å². The van der Waals surface area contributed by atoms with E-state index in [1.54, 1.807) is 4.57 Å². The van der Waals surface area contributed by atoms with Gasteiger partial charge in [0.2, 0.25) is 0 Å². The molecule has 0 unspecified atom stereocenters. The third kappa shape index (κ3) is 2.18. The summed E-state index contributed by atoms with van der Waals surface area (Å²) in [7, 11) is 0. The quantitative estimate of drug-likeness (QED) is 0.752. The van der Waals surface area contributed by atoms with Crippen LogP contribution < -0.4 is 11.3 Å². The van der Waals surface area contributed by atoms with Crippen molar-refractivity contribution in [3.05, 3.63) is 34.2 Å². The molecule has 3 heteroatoms. The minimum absolute atomic E-state index is 0.0861. The summed E-state index contributed by atoms with van der Waals surface area (Å²) in [4.78, 5) is 11.7. The molecule has 0 aliphatic heterocycles. The second kappa shape index (κ2) is 4.23. The van der Waals surface area contributed by atoms with Crippen LogP contribution in [0.15, 0.2) is 23.1 Å². The first-order chi connectivity index (χ1) is 6.16. The van der Waals surface area contributed by atoms with Gasteiger partial charge in [-0.1, -0.05) is 6.07 Å². The minimum atomic E-state index is 0.0861. The van der Waals surface area contributed by atoms with Crippen molar-refractivity contribution in [1.29, 1.82) is 0 Å². The fourth-order valence-corrected chi connectivity index (χ4v) is 1.31. The van der Waals surface area contributed by atoms with Gasteiger partial charge in [0.25, 0.3) is 5.56 Å². The molecule has 0 bridgehead atoms. The van der Waals surface area contributed by atoms with E-state index in [0.717, 1.165) is 5.56 Å². The fraction of sp³-hybridized carbons (Fsp3) is 0.500. The third-order valence-electron chi connectivity index (χ3n) is 2.02. The van der Waals surface area contributed by atoms with Crippen LogP contribution in [0.5, 0.6) is 0 Å². The summed E-state index contributed by atoms with van der Waals surface area (Å²) < 4.78 is 1.73. The van der Waals surface area contributed by atoms with Crippen LogP contribution in [0.4, 0.5) is 0 Å². The van der Waals surface area contributed by atoms with Crippen LogP contribution in [0.25, 0.3) is 0 Å². The van der Waals surface area contributed by atoms with Gasteiger partial charge in [-0.3, -0.25) is 4.79 Å². The van der Waals surface area contributed by atoms with Gasteiger partial charge in [0.15, 0.2) is 0 Å². The predicted molar refractivity (Wildman–Crippen MR) is 53.8 cm³/mol. The second-order valence-corrected chi connectivity index (χ2v) is 3.38. The van der Waals surface area contributed by atoms with Crippen LogP contribution in [0.2, 0.25) is 0 Å². The molecule has 1 heterocycles. The normalized spacial score (nSPS) is 10.8. The topological polar surface area (TPSA) is 48.0 Å². The fourth-order valence-electron chi connectivity index (χ4n) is 1.31. The molecule has 3 nitrogen and oxygen atoms in total. The highest BCUT2D eigenvalue weighted by atomic mass is 16.1. The van der Waals surface area contributed by atoms with E-state index in [-0.39, 0.29) is 11.6 Å². The first-order valence-corrected chi connectivity index (χ1v) is 4.57. The highest BCUT2D eigenvalue weighted by Gasteiger charge is 2.03. The Balaban J connectivity index is 3.11. The van der Waals surface area contributed by atoms with E-state index in [0.29, 0.717) is 13.0 Å². The van der Waals surface area contributed by atoms with Gasteiger partial charge in [-0.05, 0) is 32.9 Å². The first-order valence-electron chi connectivity index (χ1n) is 4.57. The number of hydrogen-bond acceptors (Lipinski definition) is 2. The number of hydrogen-bond donors (Lipinski definition) is 1. The molecule has 0 aliphatic carbocycles. The van der Waals surface area contributed by atoms with E-state index in [1.807, 2.05) is 32.2 Å². The monoisotopic (exact) mass is 180 g/mol. The van der Waals surface area contributed by atoms with Crippen LogP contribution >= 0.6 is 0 Å². The Labute approximate surface area is 78.2 Å². The van der Waals surface area contributed by atoms with Crippen LogP contribution in [0, 0.1) is 0 Å². The maximum Gasteiger partial charge on any atom is 0.254 e. The molecule has 13 heavy (non-hydrogen) atoms. The van der Waals surface area contributed by atoms with Gasteiger partial charge < -0.3 is 10.3 Å². The van der Waals surface area contributed by atoms with E-state index < -0.39 is 0 Å². The molecule has 0 aliphatic rings. The second-order valence-electron chi connectivity index (χ2n) is 3.38. The molecule has 1 aromatic heterocycles. The van der Waals surface area contributed by atoms with E-state index in [1.165, 1.54) is 0 Å². The molecule has 1 rings (SSSR count). The van der Waals surface area contributed by atoms with E-state index in [4.69, 9.17) is 5.73 Å². The highest BCUT2D eigenvalue weighted by Crippen LogP contribution is 2.00. The zero-order valence-corrected chi connectivity index (χ0v) is 8.16. The molecule has 1 aromatic rings. The molecule has 0 amide bonds. The third-order valence-corrected chi connectivity index (χ3v) is 2.02. The molecule has 72 valence electrons. The number of nitrogens with two attached hydrogens (primary N) is 1. The van der Waals surface area contributed by atoms with Crippen LogP contribution in [-0.2, 0) is 6.42 Å². The zero-order chi connectivity index (χ0) is 9.84. The van der Waals surface area contributed by atoms with Gasteiger partial charge in [-0.2, -0.15) is 0 Å². The minimum Gasteiger partial charge on any atom is -0.330 e. The lowest BCUT2D eigenvalue weighted by Crippen LogP contribution is -2.25. The summed E-state index contributed by atoms with van der Waals surface area (Å²) in [6.07, 6.45) is 2.47. The number of nitrogens with zero attached hydrogens (tertiary/aromatic N) is 1. The largest absolute Gasteiger partial charge is 0.330 e. The van der Waals surface area contributed by atoms with Crippen molar-refractivity contribution < 1.29 is 0 Å². The first kappa shape index (κ1) is 9.99. The summed E-state index contributed by atoms with van der Waals surface area (Å²) in [6, 6.07) is 3.95. The average Bonchev–Trinajstić information content (AvgIpc) is 2.08. The Kier molecular flexibility index (Phi) is 3.25. The van der Waals surface area contributed by atoms with Crippen molar-refractivity contribution in [2.24, 2.45) is 5.73 Å². The molecule has 2 N–H and O–H groups in total. The molecule has 0 aromatic carbocycles. The van der Waals surface area contributed by atoms with Crippen molar-refractivity contribution in [1.82, 2.24) is 4.57 Å². The van der Waals surface area contributed by atoms with Gasteiger partial charge >= 0.3 is 0 Å². The summed E-state index contributed by atoms with van der Waals surface area (Å²) in [6.45, 7) is 4.51. The van der Waals surface area contributed by atoms with Crippen molar-refractivity contribution in [3.63, 3.8) is 0 Å². The highest BCUT2D eigenvalue weighted by molar-refractivity contribution is 5.11. The summed E-state index contributed by atoms with van der Waals surface area (Å²) >= 11 is 0. The van der Waals surface area contributed by atoms with Gasteiger partial charge in [-0.15, -0.1) is 0 Å². The van der Waals surface area contributed by atoms with Gasteiger partial charge in [0.05, 0.1) is 0 Å². The lowest BCUT2D eigenvalue weighted by atomic mass is 10.2. The summed E-state index contributed by atoms with van der Waals surface area (Å²) in [5.74, 6) is 0.